The maximum atomic E-state index is 3.65. The number of thiophene rings is 1. The first-order chi connectivity index (χ1) is 10.1. The lowest BCUT2D eigenvalue weighted by atomic mass is 10.1. The zero-order chi connectivity index (χ0) is 14.8. The predicted octanol–water partition coefficient (Wildman–Crippen LogP) is 5.37. The lowest BCUT2D eigenvalue weighted by molar-refractivity contribution is 0.581. The van der Waals surface area contributed by atoms with Gasteiger partial charge >= 0.3 is 0 Å². The highest BCUT2D eigenvalue weighted by Crippen LogP contribution is 2.34. The molecule has 0 bridgehead atoms. The average Bonchev–Trinajstić information content (AvgIpc) is 2.84. The Morgan fingerprint density at radius 3 is 2.43 bits per heavy atom. The van der Waals surface area contributed by atoms with E-state index in [4.69, 9.17) is 0 Å². The highest BCUT2D eigenvalue weighted by molar-refractivity contribution is 7.19. The van der Waals surface area contributed by atoms with E-state index in [0.29, 0.717) is 6.04 Å². The quantitative estimate of drug-likeness (QED) is 0.682. The van der Waals surface area contributed by atoms with Crippen LogP contribution < -0.4 is 5.32 Å². The summed E-state index contributed by atoms with van der Waals surface area (Å²) in [4.78, 5) is 1.45. The van der Waals surface area contributed by atoms with Crippen LogP contribution in [0.4, 0.5) is 0 Å². The Morgan fingerprint density at radius 1 is 1.00 bits per heavy atom. The summed E-state index contributed by atoms with van der Waals surface area (Å²) in [6.07, 6.45) is 0. The standard InChI is InChI=1S/C19H21NS/c1-13-8-10-16(11-9-13)12-20-15(3)19-14(2)17-6-4-5-7-18(17)21-19/h4-11,15,20H,12H2,1-3H3. The minimum Gasteiger partial charge on any atom is -0.305 e. The van der Waals surface area contributed by atoms with Crippen LogP contribution in [-0.4, -0.2) is 0 Å². The fraction of sp³-hybridized carbons (Fsp3) is 0.263. The fourth-order valence-electron chi connectivity index (χ4n) is 2.68. The molecule has 0 aliphatic heterocycles. The van der Waals surface area contributed by atoms with Crippen LogP contribution in [0, 0.1) is 13.8 Å². The summed E-state index contributed by atoms with van der Waals surface area (Å²) < 4.78 is 1.38. The molecule has 1 heterocycles. The first-order valence-corrected chi connectivity index (χ1v) is 8.24. The first-order valence-electron chi connectivity index (χ1n) is 7.42. The molecule has 1 unspecified atom stereocenters. The Bertz CT molecular complexity index is 740. The van der Waals surface area contributed by atoms with Crippen molar-refractivity contribution in [3.8, 4) is 0 Å². The largest absolute Gasteiger partial charge is 0.305 e. The molecule has 1 N–H and O–H groups in total. The van der Waals surface area contributed by atoms with Crippen LogP contribution in [0.1, 0.15) is 34.5 Å². The molecule has 108 valence electrons. The maximum Gasteiger partial charge on any atom is 0.0391 e. The van der Waals surface area contributed by atoms with Gasteiger partial charge in [-0.2, -0.15) is 0 Å². The second-order valence-corrected chi connectivity index (χ2v) is 6.76. The second kappa shape index (κ2) is 6.00. The SMILES string of the molecule is Cc1ccc(CNC(C)c2sc3ccccc3c2C)cc1. The van der Waals surface area contributed by atoms with E-state index in [9.17, 15) is 0 Å². The summed E-state index contributed by atoms with van der Waals surface area (Å²) in [6, 6.07) is 17.8. The number of hydrogen-bond donors (Lipinski definition) is 1. The normalized spacial score (nSPS) is 12.7. The van der Waals surface area contributed by atoms with Crippen LogP contribution in [0.3, 0.4) is 0 Å². The first kappa shape index (κ1) is 14.3. The number of rotatable bonds is 4. The van der Waals surface area contributed by atoms with Gasteiger partial charge in [-0.1, -0.05) is 48.0 Å². The third-order valence-electron chi connectivity index (χ3n) is 4.01. The molecule has 2 heteroatoms. The van der Waals surface area contributed by atoms with Gasteiger partial charge < -0.3 is 5.32 Å². The van der Waals surface area contributed by atoms with Crippen LogP contribution in [-0.2, 0) is 6.54 Å². The molecule has 0 amide bonds. The van der Waals surface area contributed by atoms with E-state index in [1.807, 2.05) is 11.3 Å². The molecular weight excluding hydrogens is 274 g/mol. The van der Waals surface area contributed by atoms with Crippen molar-refractivity contribution in [1.29, 1.82) is 0 Å². The van der Waals surface area contributed by atoms with Gasteiger partial charge in [-0.25, -0.2) is 0 Å². The monoisotopic (exact) mass is 295 g/mol. The lowest BCUT2D eigenvalue weighted by Gasteiger charge is -2.13. The van der Waals surface area contributed by atoms with Crippen LogP contribution in [0.25, 0.3) is 10.1 Å². The summed E-state index contributed by atoms with van der Waals surface area (Å²) in [5.74, 6) is 0. The van der Waals surface area contributed by atoms with Crippen molar-refractivity contribution >= 4 is 21.4 Å². The number of hydrogen-bond acceptors (Lipinski definition) is 2. The van der Waals surface area contributed by atoms with Gasteiger partial charge in [0, 0.05) is 22.2 Å². The van der Waals surface area contributed by atoms with Crippen molar-refractivity contribution in [3.63, 3.8) is 0 Å². The van der Waals surface area contributed by atoms with Crippen molar-refractivity contribution < 1.29 is 0 Å². The van der Waals surface area contributed by atoms with Gasteiger partial charge in [0.05, 0.1) is 0 Å². The van der Waals surface area contributed by atoms with Crippen molar-refractivity contribution in [3.05, 3.63) is 70.1 Å². The van der Waals surface area contributed by atoms with Crippen LogP contribution in [0.15, 0.2) is 48.5 Å². The number of benzene rings is 2. The summed E-state index contributed by atoms with van der Waals surface area (Å²) in [5.41, 5.74) is 4.07. The number of nitrogens with one attached hydrogen (secondary N) is 1. The zero-order valence-electron chi connectivity index (χ0n) is 12.8. The third kappa shape index (κ3) is 3.02. The van der Waals surface area contributed by atoms with E-state index in [-0.39, 0.29) is 0 Å². The highest BCUT2D eigenvalue weighted by atomic mass is 32.1. The molecule has 1 nitrogen and oxygen atoms in total. The molecule has 0 saturated carbocycles. The summed E-state index contributed by atoms with van der Waals surface area (Å²) in [6.45, 7) is 7.53. The Hall–Kier alpha value is -1.64. The Kier molecular flexibility index (Phi) is 4.09. The second-order valence-electron chi connectivity index (χ2n) is 5.68. The van der Waals surface area contributed by atoms with E-state index in [2.05, 4.69) is 74.6 Å². The van der Waals surface area contributed by atoms with Crippen molar-refractivity contribution in [2.75, 3.05) is 0 Å². The molecular formula is C19H21NS. The summed E-state index contributed by atoms with van der Waals surface area (Å²) in [7, 11) is 0. The van der Waals surface area contributed by atoms with Gasteiger partial charge in [0.25, 0.3) is 0 Å². The topological polar surface area (TPSA) is 12.0 Å². The van der Waals surface area contributed by atoms with Gasteiger partial charge in [-0.15, -0.1) is 11.3 Å². The Morgan fingerprint density at radius 2 is 1.71 bits per heavy atom. The molecule has 2 aromatic carbocycles. The summed E-state index contributed by atoms with van der Waals surface area (Å²) >= 11 is 1.91. The maximum absolute atomic E-state index is 3.65. The van der Waals surface area contributed by atoms with E-state index >= 15 is 0 Å². The van der Waals surface area contributed by atoms with Crippen LogP contribution in [0.2, 0.25) is 0 Å². The van der Waals surface area contributed by atoms with Gasteiger partial charge in [-0.3, -0.25) is 0 Å². The van der Waals surface area contributed by atoms with Crippen LogP contribution >= 0.6 is 11.3 Å². The van der Waals surface area contributed by atoms with Crippen molar-refractivity contribution in [1.82, 2.24) is 5.32 Å². The third-order valence-corrected chi connectivity index (χ3v) is 5.46. The lowest BCUT2D eigenvalue weighted by Crippen LogP contribution is -2.17. The number of aryl methyl sites for hydroxylation is 2. The number of fused-ring (bicyclic) bond motifs is 1. The minimum atomic E-state index is 0.378. The molecule has 1 aromatic heterocycles. The van der Waals surface area contributed by atoms with Crippen LogP contribution in [0.5, 0.6) is 0 Å². The van der Waals surface area contributed by atoms with Crippen molar-refractivity contribution in [2.45, 2.75) is 33.4 Å². The molecule has 0 aliphatic rings. The smallest absolute Gasteiger partial charge is 0.0391 e. The van der Waals surface area contributed by atoms with E-state index in [1.54, 1.807) is 0 Å². The molecule has 1 atom stereocenters. The molecule has 21 heavy (non-hydrogen) atoms. The van der Waals surface area contributed by atoms with Gasteiger partial charge in [0.15, 0.2) is 0 Å². The Balaban J connectivity index is 1.76. The molecule has 0 saturated heterocycles. The molecule has 0 spiro atoms. The zero-order valence-corrected chi connectivity index (χ0v) is 13.6. The van der Waals surface area contributed by atoms with Gasteiger partial charge in [0.2, 0.25) is 0 Å². The van der Waals surface area contributed by atoms with E-state index < -0.39 is 0 Å². The molecule has 3 aromatic rings. The van der Waals surface area contributed by atoms with E-state index in [1.165, 1.54) is 31.7 Å². The summed E-state index contributed by atoms with van der Waals surface area (Å²) in [5, 5.41) is 5.04. The molecule has 0 fully saturated rings. The Labute approximate surface area is 130 Å². The minimum absolute atomic E-state index is 0.378. The molecule has 0 radical (unpaired) electrons. The van der Waals surface area contributed by atoms with Crippen molar-refractivity contribution in [2.24, 2.45) is 0 Å². The average molecular weight is 295 g/mol. The van der Waals surface area contributed by atoms with Gasteiger partial charge in [0.1, 0.15) is 0 Å². The predicted molar refractivity (Wildman–Crippen MR) is 93.0 cm³/mol. The fourth-order valence-corrected chi connectivity index (χ4v) is 3.91. The van der Waals surface area contributed by atoms with Gasteiger partial charge in [-0.05, 0) is 43.4 Å². The molecule has 0 aliphatic carbocycles. The molecule has 3 rings (SSSR count). The van der Waals surface area contributed by atoms with E-state index in [0.717, 1.165) is 6.54 Å². The highest BCUT2D eigenvalue weighted by Gasteiger charge is 2.13.